The third kappa shape index (κ3) is 2.67. The molecule has 0 atom stereocenters. The van der Waals surface area contributed by atoms with Crippen LogP contribution in [0.2, 0.25) is 0 Å². The van der Waals surface area contributed by atoms with Crippen molar-refractivity contribution in [3.63, 3.8) is 0 Å². The summed E-state index contributed by atoms with van der Waals surface area (Å²) in [6.07, 6.45) is 0. The average Bonchev–Trinajstić information content (AvgIpc) is 3.25. The summed E-state index contributed by atoms with van der Waals surface area (Å²) in [5.41, 5.74) is 8.13. The molecule has 5 rings (SSSR count). The number of aromatic amines is 1. The lowest BCUT2D eigenvalue weighted by Gasteiger charge is -2.15. The highest BCUT2D eigenvalue weighted by molar-refractivity contribution is 6.36. The molecule has 146 valence electrons. The lowest BCUT2D eigenvalue weighted by molar-refractivity contribution is -0.385. The predicted molar refractivity (Wildman–Crippen MR) is 121 cm³/mol. The lowest BCUT2D eigenvalue weighted by atomic mass is 9.86. The van der Waals surface area contributed by atoms with E-state index < -0.39 is 0 Å². The van der Waals surface area contributed by atoms with Gasteiger partial charge in [0.2, 0.25) is 0 Å². The summed E-state index contributed by atoms with van der Waals surface area (Å²) in [4.78, 5) is 19.8. The van der Waals surface area contributed by atoms with Crippen LogP contribution in [0.5, 0.6) is 0 Å². The Morgan fingerprint density at radius 2 is 1.63 bits per heavy atom. The first kappa shape index (κ1) is 18.1. The van der Waals surface area contributed by atoms with Crippen molar-refractivity contribution in [1.82, 2.24) is 4.98 Å². The number of nitrogens with zero attached hydrogens (tertiary/aromatic N) is 2. The largest absolute Gasteiger partial charge is 0.358 e. The van der Waals surface area contributed by atoms with Gasteiger partial charge >= 0.3 is 0 Å². The average molecular weight is 393 g/mol. The third-order valence-corrected chi connectivity index (χ3v) is 5.59. The van der Waals surface area contributed by atoms with E-state index in [0.29, 0.717) is 5.56 Å². The van der Waals surface area contributed by atoms with E-state index >= 15 is 0 Å². The van der Waals surface area contributed by atoms with Crippen molar-refractivity contribution in [3.8, 4) is 0 Å². The molecule has 5 nitrogen and oxygen atoms in total. The monoisotopic (exact) mass is 393 g/mol. The molecule has 0 unspecified atom stereocenters. The first-order valence-corrected chi connectivity index (χ1v) is 9.77. The smallest absolute Gasteiger partial charge is 0.277 e. The molecule has 1 N–H and O–H groups in total. The highest BCUT2D eigenvalue weighted by Crippen LogP contribution is 2.46. The summed E-state index contributed by atoms with van der Waals surface area (Å²) < 4.78 is 0. The molecule has 0 radical (unpaired) electrons. The minimum absolute atomic E-state index is 0.0851. The van der Waals surface area contributed by atoms with Gasteiger partial charge in [-0.2, -0.15) is 0 Å². The van der Waals surface area contributed by atoms with Crippen LogP contribution in [0.3, 0.4) is 0 Å². The number of aromatic nitrogens is 1. The van der Waals surface area contributed by atoms with Crippen molar-refractivity contribution in [2.24, 2.45) is 4.99 Å². The Bertz CT molecular complexity index is 1390. The summed E-state index contributed by atoms with van der Waals surface area (Å²) in [7, 11) is 0. The van der Waals surface area contributed by atoms with Crippen molar-refractivity contribution < 1.29 is 4.92 Å². The zero-order valence-corrected chi connectivity index (χ0v) is 16.6. The summed E-state index contributed by atoms with van der Waals surface area (Å²) >= 11 is 0. The van der Waals surface area contributed by atoms with Gasteiger partial charge < -0.3 is 4.98 Å². The van der Waals surface area contributed by atoms with E-state index in [1.54, 1.807) is 12.1 Å². The maximum atomic E-state index is 11.9. The molecule has 0 spiro atoms. The van der Waals surface area contributed by atoms with E-state index in [0.717, 1.165) is 50.3 Å². The van der Waals surface area contributed by atoms with E-state index in [1.807, 2.05) is 68.4 Å². The third-order valence-electron chi connectivity index (χ3n) is 5.59. The fourth-order valence-electron chi connectivity index (χ4n) is 4.37. The number of nitrogens with one attached hydrogen (secondary N) is 1. The molecule has 30 heavy (non-hydrogen) atoms. The molecule has 0 amide bonds. The van der Waals surface area contributed by atoms with Crippen LogP contribution in [0.4, 0.5) is 11.4 Å². The molecule has 1 aliphatic heterocycles. The van der Waals surface area contributed by atoms with Gasteiger partial charge in [0.05, 0.1) is 16.2 Å². The number of hydrogen-bond donors (Lipinski definition) is 1. The van der Waals surface area contributed by atoms with Crippen LogP contribution in [0.1, 0.15) is 29.3 Å². The molecular weight excluding hydrogens is 374 g/mol. The van der Waals surface area contributed by atoms with E-state index in [-0.39, 0.29) is 10.6 Å². The number of nitro benzene ring substituents is 1. The zero-order valence-electron chi connectivity index (χ0n) is 16.6. The van der Waals surface area contributed by atoms with Crippen LogP contribution in [-0.4, -0.2) is 15.6 Å². The van der Waals surface area contributed by atoms with Gasteiger partial charge in [0.1, 0.15) is 0 Å². The van der Waals surface area contributed by atoms with E-state index in [2.05, 4.69) is 11.1 Å². The number of H-pyrrole nitrogens is 1. The molecule has 0 fully saturated rings. The number of aryl methyl sites for hydroxylation is 1. The number of hydrogen-bond acceptors (Lipinski definition) is 3. The molecule has 1 aliphatic rings. The first-order valence-electron chi connectivity index (χ1n) is 9.77. The molecule has 5 heteroatoms. The van der Waals surface area contributed by atoms with Gasteiger partial charge in [-0.25, -0.2) is 0 Å². The molecule has 2 heterocycles. The van der Waals surface area contributed by atoms with E-state index in [1.165, 1.54) is 0 Å². The van der Waals surface area contributed by atoms with Gasteiger partial charge in [-0.1, -0.05) is 48.5 Å². The number of allylic oxidation sites excluding steroid dienone is 1. The number of rotatable bonds is 3. The van der Waals surface area contributed by atoms with Gasteiger partial charge in [0.15, 0.2) is 0 Å². The van der Waals surface area contributed by atoms with Gasteiger partial charge in [-0.05, 0) is 32.0 Å². The summed E-state index contributed by atoms with van der Waals surface area (Å²) in [6.45, 7) is 3.98. The van der Waals surface area contributed by atoms with Gasteiger partial charge in [0.25, 0.3) is 5.69 Å². The molecule has 0 saturated carbocycles. The summed E-state index contributed by atoms with van der Waals surface area (Å²) in [5, 5.41) is 13.0. The predicted octanol–water partition coefficient (Wildman–Crippen LogP) is 6.45. The van der Waals surface area contributed by atoms with Crippen LogP contribution < -0.4 is 0 Å². The fourth-order valence-corrected chi connectivity index (χ4v) is 4.37. The second-order valence-electron chi connectivity index (χ2n) is 7.41. The van der Waals surface area contributed by atoms with Gasteiger partial charge in [0, 0.05) is 50.6 Å². The topological polar surface area (TPSA) is 71.3 Å². The Morgan fingerprint density at radius 3 is 2.47 bits per heavy atom. The minimum atomic E-state index is -0.312. The van der Waals surface area contributed by atoms with Crippen molar-refractivity contribution in [2.75, 3.05) is 0 Å². The highest BCUT2D eigenvalue weighted by Gasteiger charge is 2.29. The first-order chi connectivity index (χ1) is 14.6. The Morgan fingerprint density at radius 1 is 0.933 bits per heavy atom. The van der Waals surface area contributed by atoms with Crippen molar-refractivity contribution in [3.05, 3.63) is 105 Å². The number of fused-ring (bicyclic) bond motifs is 2. The summed E-state index contributed by atoms with van der Waals surface area (Å²) in [6, 6.07) is 22.9. The normalized spacial score (nSPS) is 14.5. The highest BCUT2D eigenvalue weighted by atomic mass is 16.6. The minimum Gasteiger partial charge on any atom is -0.358 e. The second kappa shape index (κ2) is 6.81. The summed E-state index contributed by atoms with van der Waals surface area (Å²) in [5.74, 6) is 0. The molecule has 3 aromatic carbocycles. The molecule has 4 aromatic rings. The van der Waals surface area contributed by atoms with Crippen molar-refractivity contribution in [2.45, 2.75) is 13.8 Å². The van der Waals surface area contributed by atoms with Crippen LogP contribution in [0.15, 0.2) is 77.8 Å². The van der Waals surface area contributed by atoms with Crippen molar-refractivity contribution >= 4 is 39.1 Å². The Hall–Kier alpha value is -3.99. The van der Waals surface area contributed by atoms with Crippen LogP contribution >= 0.6 is 0 Å². The van der Waals surface area contributed by atoms with Crippen LogP contribution in [0, 0.1) is 17.0 Å². The second-order valence-corrected chi connectivity index (χ2v) is 7.41. The van der Waals surface area contributed by atoms with Crippen molar-refractivity contribution in [1.29, 1.82) is 0 Å². The Balaban J connectivity index is 1.97. The van der Waals surface area contributed by atoms with E-state index in [9.17, 15) is 10.1 Å². The molecule has 0 bridgehead atoms. The maximum absolute atomic E-state index is 11.9. The Kier molecular flexibility index (Phi) is 4.10. The zero-order chi connectivity index (χ0) is 20.8. The number of benzene rings is 3. The number of aliphatic imine (C=N–C) groups is 1. The fraction of sp³-hybridized carbons (Fsp3) is 0.0800. The molecule has 1 aromatic heterocycles. The lowest BCUT2D eigenvalue weighted by Crippen LogP contribution is -2.03. The van der Waals surface area contributed by atoms with Crippen LogP contribution in [-0.2, 0) is 0 Å². The standard InChI is InChI=1S/C25H19N3O2/c1-15-23(17-9-3-6-12-20(17)26-15)25(19-11-5-8-14-22(19)28(29)30)24-16(2)27-21-13-7-4-10-18(21)24/h3-14,26H,1-2H3/b25-24+. The maximum Gasteiger partial charge on any atom is 0.277 e. The molecular formula is C25H19N3O2. The van der Waals surface area contributed by atoms with Gasteiger partial charge in [-0.3, -0.25) is 15.1 Å². The number of para-hydroxylation sites is 3. The molecule has 0 aliphatic carbocycles. The quantitative estimate of drug-likeness (QED) is 0.321. The van der Waals surface area contributed by atoms with E-state index in [4.69, 9.17) is 4.99 Å². The van der Waals surface area contributed by atoms with Gasteiger partial charge in [-0.15, -0.1) is 0 Å². The van der Waals surface area contributed by atoms with Crippen LogP contribution in [0.25, 0.3) is 22.0 Å². The Labute approximate surface area is 173 Å². The SMILES string of the molecule is CC1=Nc2ccccc2/C1=C(\c1ccccc1[N+](=O)[O-])c1c(C)[nH]c2ccccc12. The molecule has 0 saturated heterocycles. The number of nitro groups is 1.